The number of ether oxygens (including phenoxy) is 2. The predicted molar refractivity (Wildman–Crippen MR) is 166 cm³/mol. The smallest absolute Gasteiger partial charge is 0.356 e. The van der Waals surface area contributed by atoms with Gasteiger partial charge in [0.15, 0.2) is 10.8 Å². The fourth-order valence-electron chi connectivity index (χ4n) is 3.99. The van der Waals surface area contributed by atoms with Crippen LogP contribution in [0.25, 0.3) is 0 Å². The van der Waals surface area contributed by atoms with Crippen molar-refractivity contribution in [2.24, 2.45) is 5.16 Å². The minimum absolute atomic E-state index is 0.0352. The second-order valence-corrected chi connectivity index (χ2v) is 13.5. The van der Waals surface area contributed by atoms with Crippen LogP contribution in [-0.2, 0) is 44.9 Å². The Bertz CT molecular complexity index is 1640. The first kappa shape index (κ1) is 34.6. The number of non-ortho nitro benzene ring substituents is 1. The lowest BCUT2D eigenvalue weighted by Crippen LogP contribution is -2.71. The van der Waals surface area contributed by atoms with Gasteiger partial charge in [-0.2, -0.15) is 0 Å². The number of oxime groups is 1. The lowest BCUT2D eigenvalue weighted by atomic mass is 10.0. The largest absolute Gasteiger partial charge is 0.457 e. The molecule has 0 saturated carbocycles. The molecule has 0 aliphatic carbocycles. The van der Waals surface area contributed by atoms with Gasteiger partial charge in [0.2, 0.25) is 13.0 Å². The van der Waals surface area contributed by atoms with E-state index in [-0.39, 0.29) is 43.9 Å². The van der Waals surface area contributed by atoms with Gasteiger partial charge in [-0.05, 0) is 38.5 Å². The van der Waals surface area contributed by atoms with E-state index in [2.05, 4.69) is 20.8 Å². The van der Waals surface area contributed by atoms with Crippen LogP contribution in [0.1, 0.15) is 32.0 Å². The number of esters is 2. The number of carbonyl (C=O) groups is 5. The number of nitrogens with zero attached hydrogens (tertiary/aromatic N) is 4. The summed E-state index contributed by atoms with van der Waals surface area (Å²) in [5.41, 5.74) is -1.39. The summed E-state index contributed by atoms with van der Waals surface area (Å²) in [5, 5.41) is 18.7. The highest BCUT2D eigenvalue weighted by atomic mass is 35.5. The molecule has 1 fully saturated rings. The Morgan fingerprint density at radius 1 is 1.24 bits per heavy atom. The van der Waals surface area contributed by atoms with Gasteiger partial charge >= 0.3 is 11.9 Å². The van der Waals surface area contributed by atoms with E-state index < -0.39 is 58.0 Å². The minimum atomic E-state index is -1.15. The van der Waals surface area contributed by atoms with Crippen LogP contribution in [-0.4, -0.2) is 80.1 Å². The Morgan fingerprint density at radius 3 is 2.57 bits per heavy atom. The molecule has 3 heterocycles. The number of β-lactam (4-membered cyclic amide) rings is 1. The molecule has 1 unspecified atom stereocenters. The molecule has 4 rings (SSSR count). The Kier molecular flexibility index (Phi) is 10.9. The number of halogens is 2. The van der Waals surface area contributed by atoms with Crippen LogP contribution in [0.2, 0.25) is 4.34 Å². The number of rotatable bonds is 12. The first-order valence-electron chi connectivity index (χ1n) is 13.0. The Balaban J connectivity index is 1.47. The number of thiazole rings is 1. The highest BCUT2D eigenvalue weighted by Gasteiger charge is 2.54. The molecule has 2 aliphatic rings. The van der Waals surface area contributed by atoms with Crippen molar-refractivity contribution < 1.29 is 43.2 Å². The van der Waals surface area contributed by atoms with Crippen LogP contribution in [0.5, 0.6) is 0 Å². The lowest BCUT2D eigenvalue weighted by molar-refractivity contribution is -0.384. The van der Waals surface area contributed by atoms with Gasteiger partial charge in [0.05, 0.1) is 9.96 Å². The second kappa shape index (κ2) is 14.4. The second-order valence-electron chi connectivity index (χ2n) is 10.3. The average molecular weight is 716 g/mol. The molecule has 244 valence electrons. The zero-order valence-electron chi connectivity index (χ0n) is 24.1. The molecule has 2 aromatic rings. The molecule has 0 spiro atoms. The third kappa shape index (κ3) is 8.11. The normalized spacial score (nSPS) is 17.8. The lowest BCUT2D eigenvalue weighted by Gasteiger charge is -2.49. The Hall–Kier alpha value is -4.26. The number of hydrogen-bond donors (Lipinski definition) is 2. The minimum Gasteiger partial charge on any atom is -0.457 e. The topological polar surface area (TPSA) is 209 Å². The third-order valence-corrected chi connectivity index (χ3v) is 8.82. The number of fused-ring (bicyclic) bond motifs is 1. The Labute approximate surface area is 278 Å². The average Bonchev–Trinajstić information content (AvgIpc) is 3.35. The first-order valence-corrected chi connectivity index (χ1v) is 15.7. The molecule has 1 aromatic heterocycles. The number of thioether (sulfide) groups is 1. The predicted octanol–water partition coefficient (Wildman–Crippen LogP) is 2.93. The SMILES string of the molecule is CC(C)(C)OC(=O)CON=C(C(=O)NC1C(=O)N2C(C(=O)OCc3ccc([N+](=O)[O-])cc3)=C(Cl)CS[C@@H]12)c1nc(NC=O)sc1Cl. The van der Waals surface area contributed by atoms with Gasteiger partial charge in [-0.3, -0.25) is 29.4 Å². The van der Waals surface area contributed by atoms with Crippen molar-refractivity contribution >= 4 is 93.0 Å². The summed E-state index contributed by atoms with van der Waals surface area (Å²) in [6, 6.07) is 4.20. The van der Waals surface area contributed by atoms with Crippen LogP contribution in [0.15, 0.2) is 40.2 Å². The monoisotopic (exact) mass is 714 g/mol. The summed E-state index contributed by atoms with van der Waals surface area (Å²) >= 11 is 14.5. The van der Waals surface area contributed by atoms with Crippen LogP contribution >= 0.6 is 46.3 Å². The van der Waals surface area contributed by atoms with Crippen molar-refractivity contribution in [1.82, 2.24) is 15.2 Å². The fourth-order valence-corrected chi connectivity index (χ4v) is 6.54. The molecule has 0 bridgehead atoms. The standard InChI is InChI=1S/C26H24Cl2N6O10S2/c1-26(2,3)44-15(36)9-43-32-17(16-20(28)46-25(31-16)29-11-35)21(37)30-18-22(38)33-19(14(27)10-45-23(18)33)24(39)42-8-12-4-6-13(7-5-12)34(40)41/h4-7,11,18,23H,8-10H2,1-3H3,(H,30,37)(H,29,31,35)/t18?,23-/m0/s1. The van der Waals surface area contributed by atoms with Gasteiger partial charge in [0, 0.05) is 17.9 Å². The highest BCUT2D eigenvalue weighted by molar-refractivity contribution is 8.00. The molecule has 2 atom stereocenters. The van der Waals surface area contributed by atoms with Gasteiger partial charge in [0.1, 0.15) is 39.4 Å². The van der Waals surface area contributed by atoms with Gasteiger partial charge in [-0.15, -0.1) is 11.8 Å². The first-order chi connectivity index (χ1) is 21.7. The molecule has 2 aliphatic heterocycles. The number of benzene rings is 1. The van der Waals surface area contributed by atoms with E-state index in [4.69, 9.17) is 37.5 Å². The van der Waals surface area contributed by atoms with E-state index in [0.717, 1.165) is 16.2 Å². The number of nitro benzene ring substituents is 1. The zero-order valence-corrected chi connectivity index (χ0v) is 27.3. The van der Waals surface area contributed by atoms with E-state index in [1.807, 2.05) is 0 Å². The molecule has 3 amide bonds. The molecule has 20 heteroatoms. The van der Waals surface area contributed by atoms with Crippen molar-refractivity contribution in [2.75, 3.05) is 17.7 Å². The van der Waals surface area contributed by atoms with Crippen LogP contribution < -0.4 is 10.6 Å². The van der Waals surface area contributed by atoms with Gasteiger partial charge in [-0.25, -0.2) is 14.6 Å². The summed E-state index contributed by atoms with van der Waals surface area (Å²) in [5.74, 6) is -3.22. The molecule has 46 heavy (non-hydrogen) atoms. The number of hydrogen-bond acceptors (Lipinski definition) is 14. The number of nitrogens with one attached hydrogen (secondary N) is 2. The van der Waals surface area contributed by atoms with Gasteiger partial charge in [0.25, 0.3) is 17.5 Å². The summed E-state index contributed by atoms with van der Waals surface area (Å²) in [4.78, 5) is 83.1. The Morgan fingerprint density at radius 2 is 1.93 bits per heavy atom. The molecule has 2 N–H and O–H groups in total. The number of anilines is 1. The zero-order chi connectivity index (χ0) is 33.8. The van der Waals surface area contributed by atoms with E-state index in [1.54, 1.807) is 20.8 Å². The van der Waals surface area contributed by atoms with E-state index in [0.29, 0.717) is 12.0 Å². The maximum atomic E-state index is 13.4. The maximum Gasteiger partial charge on any atom is 0.356 e. The molecular weight excluding hydrogens is 691 g/mol. The molecule has 0 radical (unpaired) electrons. The maximum absolute atomic E-state index is 13.4. The summed E-state index contributed by atoms with van der Waals surface area (Å²) in [6.45, 7) is 4.04. The molecule has 1 saturated heterocycles. The molecular formula is C26H24Cl2N6O10S2. The van der Waals surface area contributed by atoms with Crippen LogP contribution in [0.4, 0.5) is 10.8 Å². The van der Waals surface area contributed by atoms with E-state index in [9.17, 15) is 34.1 Å². The molecule has 1 aromatic carbocycles. The van der Waals surface area contributed by atoms with Crippen molar-refractivity contribution in [1.29, 1.82) is 0 Å². The number of aromatic nitrogens is 1. The quantitative estimate of drug-likeness (QED) is 0.0812. The van der Waals surface area contributed by atoms with Crippen LogP contribution in [0.3, 0.4) is 0 Å². The fraction of sp³-hybridized carbons (Fsp3) is 0.346. The highest BCUT2D eigenvalue weighted by Crippen LogP contribution is 2.42. The molecule has 16 nitrogen and oxygen atoms in total. The van der Waals surface area contributed by atoms with Crippen molar-refractivity contribution in [2.45, 2.75) is 44.4 Å². The number of nitro groups is 1. The van der Waals surface area contributed by atoms with Gasteiger partial charge in [-0.1, -0.05) is 39.7 Å². The van der Waals surface area contributed by atoms with Crippen molar-refractivity contribution in [3.63, 3.8) is 0 Å². The summed E-state index contributed by atoms with van der Waals surface area (Å²) in [7, 11) is 0. The van der Waals surface area contributed by atoms with E-state index in [1.165, 1.54) is 36.0 Å². The summed E-state index contributed by atoms with van der Waals surface area (Å²) in [6.07, 6.45) is 0.351. The third-order valence-electron chi connectivity index (χ3n) is 5.88. The van der Waals surface area contributed by atoms with Crippen LogP contribution in [0, 0.1) is 10.1 Å². The summed E-state index contributed by atoms with van der Waals surface area (Å²) < 4.78 is 10.4. The van der Waals surface area contributed by atoms with Crippen molar-refractivity contribution in [3.05, 3.63) is 60.7 Å². The van der Waals surface area contributed by atoms with Crippen molar-refractivity contribution in [3.8, 4) is 0 Å². The number of amides is 3. The van der Waals surface area contributed by atoms with E-state index >= 15 is 0 Å². The van der Waals surface area contributed by atoms with Gasteiger partial charge < -0.3 is 24.9 Å². The number of carbonyl (C=O) groups excluding carboxylic acids is 5.